The van der Waals surface area contributed by atoms with Gasteiger partial charge in [-0.1, -0.05) is 6.07 Å². The third kappa shape index (κ3) is 2.97. The third-order valence-electron chi connectivity index (χ3n) is 2.34. The summed E-state index contributed by atoms with van der Waals surface area (Å²) in [7, 11) is 0. The Balaban J connectivity index is 2.87. The fourth-order valence-electron chi connectivity index (χ4n) is 1.53. The maximum atomic E-state index is 11.7. The highest BCUT2D eigenvalue weighted by Crippen LogP contribution is 2.18. The molecule has 1 rings (SSSR count). The van der Waals surface area contributed by atoms with E-state index in [9.17, 15) is 4.79 Å². The van der Waals surface area contributed by atoms with Gasteiger partial charge in [0, 0.05) is 24.3 Å². The van der Waals surface area contributed by atoms with Crippen molar-refractivity contribution in [2.75, 3.05) is 25.0 Å². The first kappa shape index (κ1) is 12.5. The highest BCUT2D eigenvalue weighted by atomic mass is 16.3. The van der Waals surface area contributed by atoms with Gasteiger partial charge in [-0.25, -0.2) is 0 Å². The summed E-state index contributed by atoms with van der Waals surface area (Å²) in [6.45, 7) is 4.98. The number of hydrogen-bond acceptors (Lipinski definition) is 3. The van der Waals surface area contributed by atoms with E-state index in [1.807, 2.05) is 26.0 Å². The zero-order chi connectivity index (χ0) is 12.0. The Morgan fingerprint density at radius 1 is 1.44 bits per heavy atom. The van der Waals surface area contributed by atoms with Crippen LogP contribution in [0.4, 0.5) is 5.69 Å². The maximum absolute atomic E-state index is 11.7. The number of hydrogen-bond donors (Lipinski definition) is 3. The number of amides is 1. The molecule has 0 fully saturated rings. The molecule has 4 heteroatoms. The Kier molecular flexibility index (Phi) is 4.79. The van der Waals surface area contributed by atoms with Gasteiger partial charge < -0.3 is 15.7 Å². The van der Waals surface area contributed by atoms with Crippen LogP contribution >= 0.6 is 0 Å². The molecular formula is C12H18N2O2. The molecule has 0 radical (unpaired) electrons. The maximum Gasteiger partial charge on any atom is 0.251 e. The first-order valence-electron chi connectivity index (χ1n) is 5.43. The number of carbonyl (C=O) groups excluding carboxylic acids is 1. The van der Waals surface area contributed by atoms with Crippen molar-refractivity contribution in [3.8, 4) is 0 Å². The molecule has 4 nitrogen and oxygen atoms in total. The standard InChI is InChI=1S/C12H18N2O2/c1-3-13-11-6-4-5-10(9(11)2)12(16)14-7-8-15/h4-6,13,15H,3,7-8H2,1-2H3,(H,14,16). The zero-order valence-corrected chi connectivity index (χ0v) is 9.71. The predicted molar refractivity (Wildman–Crippen MR) is 64.8 cm³/mol. The van der Waals surface area contributed by atoms with Crippen molar-refractivity contribution in [1.29, 1.82) is 0 Å². The van der Waals surface area contributed by atoms with Crippen LogP contribution in [0.5, 0.6) is 0 Å². The monoisotopic (exact) mass is 222 g/mol. The van der Waals surface area contributed by atoms with Crippen molar-refractivity contribution in [1.82, 2.24) is 5.32 Å². The van der Waals surface area contributed by atoms with Gasteiger partial charge in [0.15, 0.2) is 0 Å². The Morgan fingerprint density at radius 2 is 2.19 bits per heavy atom. The van der Waals surface area contributed by atoms with Crippen LogP contribution in [0, 0.1) is 6.92 Å². The molecule has 0 bridgehead atoms. The van der Waals surface area contributed by atoms with Crippen LogP contribution in [-0.4, -0.2) is 30.7 Å². The summed E-state index contributed by atoms with van der Waals surface area (Å²) >= 11 is 0. The van der Waals surface area contributed by atoms with Gasteiger partial charge >= 0.3 is 0 Å². The Hall–Kier alpha value is -1.55. The van der Waals surface area contributed by atoms with E-state index in [-0.39, 0.29) is 19.1 Å². The van der Waals surface area contributed by atoms with Gasteiger partial charge in [-0.3, -0.25) is 4.79 Å². The molecule has 0 unspecified atom stereocenters. The fourth-order valence-corrected chi connectivity index (χ4v) is 1.53. The SMILES string of the molecule is CCNc1cccc(C(=O)NCCO)c1C. The molecule has 0 saturated heterocycles. The van der Waals surface area contributed by atoms with E-state index < -0.39 is 0 Å². The zero-order valence-electron chi connectivity index (χ0n) is 9.71. The van der Waals surface area contributed by atoms with Crippen molar-refractivity contribution >= 4 is 11.6 Å². The quantitative estimate of drug-likeness (QED) is 0.700. The first-order valence-corrected chi connectivity index (χ1v) is 5.43. The molecule has 1 amide bonds. The number of rotatable bonds is 5. The minimum atomic E-state index is -0.147. The third-order valence-corrected chi connectivity index (χ3v) is 2.34. The minimum absolute atomic E-state index is 0.0440. The molecule has 0 aliphatic rings. The fraction of sp³-hybridized carbons (Fsp3) is 0.417. The van der Waals surface area contributed by atoms with E-state index in [0.29, 0.717) is 5.56 Å². The van der Waals surface area contributed by atoms with E-state index in [1.165, 1.54) is 0 Å². The lowest BCUT2D eigenvalue weighted by Gasteiger charge is -2.11. The van der Waals surface area contributed by atoms with Gasteiger partial charge in [0.05, 0.1) is 6.61 Å². The van der Waals surface area contributed by atoms with Gasteiger partial charge in [0.25, 0.3) is 5.91 Å². The lowest BCUT2D eigenvalue weighted by molar-refractivity contribution is 0.0944. The molecule has 0 aliphatic heterocycles. The van der Waals surface area contributed by atoms with Crippen molar-refractivity contribution in [3.05, 3.63) is 29.3 Å². The van der Waals surface area contributed by atoms with E-state index in [2.05, 4.69) is 10.6 Å². The summed E-state index contributed by atoms with van der Waals surface area (Å²) in [5, 5.41) is 14.5. The first-order chi connectivity index (χ1) is 7.70. The minimum Gasteiger partial charge on any atom is -0.395 e. The smallest absolute Gasteiger partial charge is 0.251 e. The van der Waals surface area contributed by atoms with Crippen LogP contribution in [0.15, 0.2) is 18.2 Å². The van der Waals surface area contributed by atoms with Crippen molar-refractivity contribution in [2.45, 2.75) is 13.8 Å². The molecule has 0 heterocycles. The molecule has 0 spiro atoms. The van der Waals surface area contributed by atoms with E-state index in [1.54, 1.807) is 6.07 Å². The molecule has 1 aromatic rings. The van der Waals surface area contributed by atoms with Gasteiger partial charge in [0.2, 0.25) is 0 Å². The molecule has 1 aromatic carbocycles. The molecule has 16 heavy (non-hydrogen) atoms. The molecular weight excluding hydrogens is 204 g/mol. The second-order valence-electron chi connectivity index (χ2n) is 3.49. The van der Waals surface area contributed by atoms with Crippen molar-refractivity contribution in [3.63, 3.8) is 0 Å². The molecule has 88 valence electrons. The number of aliphatic hydroxyl groups is 1. The Bertz CT molecular complexity index is 364. The summed E-state index contributed by atoms with van der Waals surface area (Å²) in [5.74, 6) is -0.147. The van der Waals surface area contributed by atoms with Crippen LogP contribution < -0.4 is 10.6 Å². The van der Waals surface area contributed by atoms with Crippen LogP contribution in [0.2, 0.25) is 0 Å². The van der Waals surface area contributed by atoms with Crippen LogP contribution in [0.25, 0.3) is 0 Å². The second-order valence-corrected chi connectivity index (χ2v) is 3.49. The largest absolute Gasteiger partial charge is 0.395 e. The lowest BCUT2D eigenvalue weighted by atomic mass is 10.1. The van der Waals surface area contributed by atoms with E-state index in [0.717, 1.165) is 17.8 Å². The van der Waals surface area contributed by atoms with E-state index in [4.69, 9.17) is 5.11 Å². The lowest BCUT2D eigenvalue weighted by Crippen LogP contribution is -2.27. The molecule has 3 N–H and O–H groups in total. The van der Waals surface area contributed by atoms with Gasteiger partial charge in [0.1, 0.15) is 0 Å². The summed E-state index contributed by atoms with van der Waals surface area (Å²) in [6, 6.07) is 5.57. The normalized spacial score (nSPS) is 9.94. The van der Waals surface area contributed by atoms with Crippen LogP contribution in [0.3, 0.4) is 0 Å². The highest BCUT2D eigenvalue weighted by Gasteiger charge is 2.10. The average Bonchev–Trinajstić information content (AvgIpc) is 2.29. The van der Waals surface area contributed by atoms with Crippen LogP contribution in [0.1, 0.15) is 22.8 Å². The number of aliphatic hydroxyl groups excluding tert-OH is 1. The molecule has 0 aliphatic carbocycles. The van der Waals surface area contributed by atoms with Gasteiger partial charge in [-0.2, -0.15) is 0 Å². The van der Waals surface area contributed by atoms with Gasteiger partial charge in [-0.05, 0) is 31.5 Å². The second kappa shape index (κ2) is 6.12. The van der Waals surface area contributed by atoms with Gasteiger partial charge in [-0.15, -0.1) is 0 Å². The highest BCUT2D eigenvalue weighted by molar-refractivity contribution is 5.97. The van der Waals surface area contributed by atoms with Crippen LogP contribution in [-0.2, 0) is 0 Å². The molecule has 0 aromatic heterocycles. The van der Waals surface area contributed by atoms with E-state index >= 15 is 0 Å². The summed E-state index contributed by atoms with van der Waals surface area (Å²) in [5.41, 5.74) is 2.55. The predicted octanol–water partition coefficient (Wildman–Crippen LogP) is 1.15. The summed E-state index contributed by atoms with van der Waals surface area (Å²) in [6.07, 6.45) is 0. The Labute approximate surface area is 95.7 Å². The molecule has 0 atom stereocenters. The molecule has 0 saturated carbocycles. The number of nitrogens with one attached hydrogen (secondary N) is 2. The number of benzene rings is 1. The summed E-state index contributed by atoms with van der Waals surface area (Å²) in [4.78, 5) is 11.7. The van der Waals surface area contributed by atoms with Crippen molar-refractivity contribution in [2.24, 2.45) is 0 Å². The summed E-state index contributed by atoms with van der Waals surface area (Å²) < 4.78 is 0. The Morgan fingerprint density at radius 3 is 2.81 bits per heavy atom. The van der Waals surface area contributed by atoms with Crippen molar-refractivity contribution < 1.29 is 9.90 Å². The number of anilines is 1. The topological polar surface area (TPSA) is 61.4 Å². The average molecular weight is 222 g/mol. The number of carbonyl (C=O) groups is 1.